The first-order chi connectivity index (χ1) is 13.9. The van der Waals surface area contributed by atoms with E-state index >= 15 is 0 Å². The topological polar surface area (TPSA) is 83.7 Å². The number of amides is 1. The van der Waals surface area contributed by atoms with Crippen LogP contribution in [0.4, 0.5) is 27.6 Å². The molecule has 2 aromatic carbocycles. The molecule has 0 atom stereocenters. The van der Waals surface area contributed by atoms with Crippen molar-refractivity contribution in [3.63, 3.8) is 0 Å². The Hall–Kier alpha value is -2.73. The van der Waals surface area contributed by atoms with E-state index in [-0.39, 0.29) is 31.9 Å². The fourth-order valence-corrected chi connectivity index (χ4v) is 3.95. The molecule has 0 spiro atoms. The molecule has 0 aromatic heterocycles. The zero-order chi connectivity index (χ0) is 22.3. The normalized spacial score (nSPS) is 15.4. The second-order valence-electron chi connectivity index (χ2n) is 6.60. The van der Waals surface area contributed by atoms with Crippen LogP contribution in [-0.2, 0) is 16.2 Å². The van der Waals surface area contributed by atoms with Crippen LogP contribution in [-0.4, -0.2) is 45.4 Å². The number of carbonyl (C=O) groups excluding carboxylic acids is 1. The van der Waals surface area contributed by atoms with Gasteiger partial charge in [-0.3, -0.25) is 4.79 Å². The Balaban J connectivity index is 1.81. The zero-order valence-electron chi connectivity index (χ0n) is 15.3. The van der Waals surface area contributed by atoms with Gasteiger partial charge in [-0.05, 0) is 30.3 Å². The zero-order valence-corrected chi connectivity index (χ0v) is 16.1. The molecule has 1 saturated heterocycles. The van der Waals surface area contributed by atoms with Crippen LogP contribution in [0.1, 0.15) is 15.9 Å². The van der Waals surface area contributed by atoms with E-state index in [9.17, 15) is 35.2 Å². The lowest BCUT2D eigenvalue weighted by Crippen LogP contribution is -2.49. The molecule has 12 heteroatoms. The average Bonchev–Trinajstić information content (AvgIpc) is 2.66. The highest BCUT2D eigenvalue weighted by Crippen LogP contribution is 2.36. The molecular formula is C18H16F5N3O3S. The summed E-state index contributed by atoms with van der Waals surface area (Å²) in [5.74, 6) is -2.86. The maximum Gasteiger partial charge on any atom is 0.417 e. The van der Waals surface area contributed by atoms with Gasteiger partial charge in [-0.25, -0.2) is 22.3 Å². The van der Waals surface area contributed by atoms with Crippen molar-refractivity contribution in [2.24, 2.45) is 5.14 Å². The predicted molar refractivity (Wildman–Crippen MR) is 97.3 cm³/mol. The maximum atomic E-state index is 13.8. The van der Waals surface area contributed by atoms with Crippen LogP contribution in [0.25, 0.3) is 0 Å². The van der Waals surface area contributed by atoms with E-state index in [1.54, 1.807) is 0 Å². The summed E-state index contributed by atoms with van der Waals surface area (Å²) in [6.45, 7) is 0.164. The summed E-state index contributed by atoms with van der Waals surface area (Å²) in [7, 11) is -4.59. The van der Waals surface area contributed by atoms with E-state index in [1.165, 1.54) is 15.9 Å². The number of carbonyl (C=O) groups is 1. The van der Waals surface area contributed by atoms with Crippen LogP contribution >= 0.6 is 0 Å². The molecule has 6 nitrogen and oxygen atoms in total. The molecule has 1 aliphatic heterocycles. The SMILES string of the molecule is NS(=O)(=O)c1ccc(N2CCN(C(=O)c3c(F)cccc3F)CC2)cc1C(F)(F)F. The van der Waals surface area contributed by atoms with Crippen molar-refractivity contribution in [3.05, 3.63) is 59.2 Å². The first kappa shape index (κ1) is 22.0. The highest BCUT2D eigenvalue weighted by Gasteiger charge is 2.37. The molecule has 0 radical (unpaired) electrons. The van der Waals surface area contributed by atoms with Crippen LogP contribution in [0.3, 0.4) is 0 Å². The lowest BCUT2D eigenvalue weighted by atomic mass is 10.1. The van der Waals surface area contributed by atoms with Crippen molar-refractivity contribution in [1.82, 2.24) is 4.90 Å². The minimum absolute atomic E-state index is 0.00486. The van der Waals surface area contributed by atoms with E-state index in [0.717, 1.165) is 24.3 Å². The molecule has 1 amide bonds. The number of halogens is 5. The molecule has 3 rings (SSSR count). The van der Waals surface area contributed by atoms with Gasteiger partial charge < -0.3 is 9.80 Å². The molecule has 30 heavy (non-hydrogen) atoms. The van der Waals surface area contributed by atoms with E-state index in [0.29, 0.717) is 6.07 Å². The monoisotopic (exact) mass is 449 g/mol. The minimum Gasteiger partial charge on any atom is -0.368 e. The van der Waals surface area contributed by atoms with Gasteiger partial charge in [-0.15, -0.1) is 0 Å². The van der Waals surface area contributed by atoms with Gasteiger partial charge in [0.25, 0.3) is 5.91 Å². The van der Waals surface area contributed by atoms with Crippen molar-refractivity contribution in [1.29, 1.82) is 0 Å². The molecule has 1 fully saturated rings. The Bertz CT molecular complexity index is 1060. The molecule has 0 saturated carbocycles. The number of alkyl halides is 3. The molecule has 0 bridgehead atoms. The Labute approximate surface area is 168 Å². The Morgan fingerprint density at radius 1 is 0.967 bits per heavy atom. The Morgan fingerprint density at radius 2 is 1.53 bits per heavy atom. The van der Waals surface area contributed by atoms with Crippen LogP contribution in [0.5, 0.6) is 0 Å². The largest absolute Gasteiger partial charge is 0.417 e. The van der Waals surface area contributed by atoms with E-state index in [4.69, 9.17) is 5.14 Å². The second kappa shape index (κ2) is 7.84. The number of primary sulfonamides is 1. The number of hydrogen-bond donors (Lipinski definition) is 1. The van der Waals surface area contributed by atoms with Gasteiger partial charge in [-0.1, -0.05) is 6.07 Å². The first-order valence-electron chi connectivity index (χ1n) is 8.62. The predicted octanol–water partition coefficient (Wildman–Crippen LogP) is 2.59. The number of nitrogens with two attached hydrogens (primary N) is 1. The van der Waals surface area contributed by atoms with Gasteiger partial charge in [0.1, 0.15) is 17.2 Å². The smallest absolute Gasteiger partial charge is 0.368 e. The van der Waals surface area contributed by atoms with Crippen LogP contribution < -0.4 is 10.0 Å². The molecule has 1 heterocycles. The van der Waals surface area contributed by atoms with Crippen LogP contribution in [0, 0.1) is 11.6 Å². The molecule has 0 unspecified atom stereocenters. The molecule has 2 aromatic rings. The number of nitrogens with zero attached hydrogens (tertiary/aromatic N) is 2. The van der Waals surface area contributed by atoms with Gasteiger partial charge >= 0.3 is 6.18 Å². The van der Waals surface area contributed by atoms with Gasteiger partial charge in [0, 0.05) is 31.9 Å². The second-order valence-corrected chi connectivity index (χ2v) is 8.13. The van der Waals surface area contributed by atoms with E-state index in [2.05, 4.69) is 0 Å². The lowest BCUT2D eigenvalue weighted by molar-refractivity contribution is -0.139. The van der Waals surface area contributed by atoms with Crippen molar-refractivity contribution in [2.75, 3.05) is 31.1 Å². The highest BCUT2D eigenvalue weighted by atomic mass is 32.2. The third kappa shape index (κ3) is 4.38. The summed E-state index contributed by atoms with van der Waals surface area (Å²) in [4.78, 5) is 14.1. The third-order valence-electron chi connectivity index (χ3n) is 4.68. The molecule has 162 valence electrons. The van der Waals surface area contributed by atoms with Crippen molar-refractivity contribution in [3.8, 4) is 0 Å². The number of hydrogen-bond acceptors (Lipinski definition) is 4. The van der Waals surface area contributed by atoms with Gasteiger partial charge in [-0.2, -0.15) is 13.2 Å². The van der Waals surface area contributed by atoms with Crippen molar-refractivity contribution in [2.45, 2.75) is 11.1 Å². The summed E-state index contributed by atoms with van der Waals surface area (Å²) in [6, 6.07) is 5.68. The number of rotatable bonds is 3. The lowest BCUT2D eigenvalue weighted by Gasteiger charge is -2.36. The number of sulfonamides is 1. The Morgan fingerprint density at radius 3 is 2.03 bits per heavy atom. The first-order valence-corrected chi connectivity index (χ1v) is 10.2. The minimum atomic E-state index is -4.95. The van der Waals surface area contributed by atoms with Gasteiger partial charge in [0.15, 0.2) is 0 Å². The molecule has 0 aliphatic carbocycles. The third-order valence-corrected chi connectivity index (χ3v) is 5.65. The summed E-state index contributed by atoms with van der Waals surface area (Å²) in [5.41, 5.74) is -2.00. The fraction of sp³-hybridized carbons (Fsp3) is 0.278. The van der Waals surface area contributed by atoms with Gasteiger partial charge in [0.05, 0.1) is 10.5 Å². The van der Waals surface area contributed by atoms with Gasteiger partial charge in [0.2, 0.25) is 10.0 Å². The summed E-state index contributed by atoms with van der Waals surface area (Å²) < 4.78 is 90.4. The van der Waals surface area contributed by atoms with Crippen LogP contribution in [0.15, 0.2) is 41.3 Å². The summed E-state index contributed by atoms with van der Waals surface area (Å²) >= 11 is 0. The summed E-state index contributed by atoms with van der Waals surface area (Å²) in [5, 5.41) is 4.87. The Kier molecular flexibility index (Phi) is 5.74. The molecule has 1 aliphatic rings. The van der Waals surface area contributed by atoms with E-state index in [1.807, 2.05) is 0 Å². The van der Waals surface area contributed by atoms with Crippen molar-refractivity contribution < 1.29 is 35.2 Å². The molecule has 2 N–H and O–H groups in total. The van der Waals surface area contributed by atoms with E-state index < -0.39 is 49.8 Å². The summed E-state index contributed by atoms with van der Waals surface area (Å²) in [6.07, 6.45) is -4.95. The average molecular weight is 449 g/mol. The maximum absolute atomic E-state index is 13.8. The standard InChI is InChI=1S/C18H16F5N3O3S/c19-13-2-1-3-14(20)16(13)17(27)26-8-6-25(7-9-26)11-4-5-15(30(24,28)29)12(10-11)18(21,22)23/h1-5,10H,6-9H2,(H2,24,28,29). The quantitative estimate of drug-likeness (QED) is 0.731. The number of anilines is 1. The number of piperazine rings is 1. The molecular weight excluding hydrogens is 433 g/mol. The van der Waals surface area contributed by atoms with Crippen molar-refractivity contribution >= 4 is 21.6 Å². The number of benzene rings is 2. The van der Waals surface area contributed by atoms with Crippen LogP contribution in [0.2, 0.25) is 0 Å². The highest BCUT2D eigenvalue weighted by molar-refractivity contribution is 7.89. The fourth-order valence-electron chi connectivity index (χ4n) is 3.21.